The standard InChI is InChI=1S/C16H18N4O/c1-10-9-13(21)20-15(17-10)18-14(19-20)11-5-7-12(8-6-11)16(2,3)4/h5-9H,1-4H3,(H,17,18,19). The summed E-state index contributed by atoms with van der Waals surface area (Å²) >= 11 is 0. The topological polar surface area (TPSA) is 63.0 Å². The number of hydrogen-bond donors (Lipinski definition) is 1. The second-order valence-electron chi connectivity index (χ2n) is 6.27. The summed E-state index contributed by atoms with van der Waals surface area (Å²) in [5.74, 6) is 1.04. The smallest absolute Gasteiger partial charge is 0.271 e. The third-order valence-electron chi connectivity index (χ3n) is 3.48. The van der Waals surface area contributed by atoms with Gasteiger partial charge in [-0.15, -0.1) is 0 Å². The number of rotatable bonds is 1. The minimum absolute atomic E-state index is 0.113. The van der Waals surface area contributed by atoms with Gasteiger partial charge in [0.25, 0.3) is 11.3 Å². The van der Waals surface area contributed by atoms with E-state index in [9.17, 15) is 4.79 Å². The zero-order valence-corrected chi connectivity index (χ0v) is 12.6. The molecule has 108 valence electrons. The van der Waals surface area contributed by atoms with Crippen LogP contribution in [0, 0.1) is 6.92 Å². The number of nitrogens with one attached hydrogen (secondary N) is 1. The van der Waals surface area contributed by atoms with E-state index in [4.69, 9.17) is 0 Å². The Morgan fingerprint density at radius 2 is 1.76 bits per heavy atom. The Hall–Kier alpha value is -2.43. The molecule has 0 saturated heterocycles. The Morgan fingerprint density at radius 1 is 1.10 bits per heavy atom. The summed E-state index contributed by atoms with van der Waals surface area (Å²) in [6.45, 7) is 8.31. The molecule has 5 nitrogen and oxygen atoms in total. The molecule has 0 amide bonds. The summed E-state index contributed by atoms with van der Waals surface area (Å²) in [5, 5.41) is 3.00. The van der Waals surface area contributed by atoms with Gasteiger partial charge in [0.2, 0.25) is 0 Å². The molecule has 3 rings (SSSR count). The number of fused-ring (bicyclic) bond motifs is 1. The molecule has 0 fully saturated rings. The lowest BCUT2D eigenvalue weighted by molar-refractivity contribution is 0.590. The van der Waals surface area contributed by atoms with Crippen LogP contribution in [0.15, 0.2) is 35.1 Å². The van der Waals surface area contributed by atoms with Crippen molar-refractivity contribution in [1.29, 1.82) is 0 Å². The highest BCUT2D eigenvalue weighted by Crippen LogP contribution is 2.24. The lowest BCUT2D eigenvalue weighted by Crippen LogP contribution is -2.14. The molecule has 0 aliphatic heterocycles. The molecule has 2 heterocycles. The molecule has 0 saturated carbocycles. The molecule has 21 heavy (non-hydrogen) atoms. The summed E-state index contributed by atoms with van der Waals surface area (Å²) in [7, 11) is 0. The van der Waals surface area contributed by atoms with Gasteiger partial charge in [0.1, 0.15) is 0 Å². The number of aromatic amines is 1. The first-order valence-electron chi connectivity index (χ1n) is 6.92. The third kappa shape index (κ3) is 2.46. The van der Waals surface area contributed by atoms with E-state index in [1.165, 1.54) is 16.1 Å². The van der Waals surface area contributed by atoms with E-state index in [1.54, 1.807) is 6.92 Å². The highest BCUT2D eigenvalue weighted by molar-refractivity contribution is 5.57. The fourth-order valence-electron chi connectivity index (χ4n) is 2.25. The Labute approximate surface area is 122 Å². The Kier molecular flexibility index (Phi) is 2.93. The molecule has 0 aliphatic carbocycles. The Bertz CT molecular complexity index is 851. The summed E-state index contributed by atoms with van der Waals surface area (Å²) in [5.41, 5.74) is 2.82. The van der Waals surface area contributed by atoms with E-state index >= 15 is 0 Å². The molecule has 5 heteroatoms. The minimum atomic E-state index is -0.150. The predicted octanol–water partition coefficient (Wildman–Crippen LogP) is 2.69. The van der Waals surface area contributed by atoms with Crippen molar-refractivity contribution in [3.63, 3.8) is 0 Å². The largest absolute Gasteiger partial charge is 0.274 e. The number of aryl methyl sites for hydroxylation is 1. The van der Waals surface area contributed by atoms with Crippen molar-refractivity contribution >= 4 is 5.78 Å². The molecular weight excluding hydrogens is 264 g/mol. The molecule has 3 aromatic rings. The van der Waals surface area contributed by atoms with Crippen molar-refractivity contribution in [3.05, 3.63) is 51.9 Å². The van der Waals surface area contributed by atoms with Gasteiger partial charge in [0, 0.05) is 17.3 Å². The molecule has 0 aliphatic rings. The number of hydrogen-bond acceptors (Lipinski definition) is 3. The number of H-pyrrole nitrogens is 1. The maximum absolute atomic E-state index is 11.9. The van der Waals surface area contributed by atoms with Gasteiger partial charge in [-0.1, -0.05) is 45.0 Å². The van der Waals surface area contributed by atoms with Crippen molar-refractivity contribution in [2.45, 2.75) is 33.1 Å². The van der Waals surface area contributed by atoms with Crippen LogP contribution in [0.2, 0.25) is 0 Å². The van der Waals surface area contributed by atoms with Crippen LogP contribution < -0.4 is 5.56 Å². The van der Waals surface area contributed by atoms with Crippen molar-refractivity contribution in [3.8, 4) is 11.4 Å². The van der Waals surface area contributed by atoms with Gasteiger partial charge in [-0.3, -0.25) is 9.89 Å². The zero-order valence-electron chi connectivity index (χ0n) is 12.6. The predicted molar refractivity (Wildman–Crippen MR) is 82.5 cm³/mol. The normalized spacial score (nSPS) is 12.0. The summed E-state index contributed by atoms with van der Waals surface area (Å²) in [6.07, 6.45) is 0. The van der Waals surface area contributed by atoms with Gasteiger partial charge in [0.15, 0.2) is 5.82 Å². The van der Waals surface area contributed by atoms with Gasteiger partial charge in [-0.25, -0.2) is 4.98 Å². The van der Waals surface area contributed by atoms with Crippen LogP contribution in [0.3, 0.4) is 0 Å². The first kappa shape index (κ1) is 13.5. The summed E-state index contributed by atoms with van der Waals surface area (Å²) < 4.78 is 1.36. The van der Waals surface area contributed by atoms with Crippen molar-refractivity contribution in [2.75, 3.05) is 0 Å². The van der Waals surface area contributed by atoms with E-state index < -0.39 is 0 Å². The second kappa shape index (κ2) is 4.55. The molecule has 1 N–H and O–H groups in total. The zero-order chi connectivity index (χ0) is 15.2. The van der Waals surface area contributed by atoms with Crippen molar-refractivity contribution in [1.82, 2.24) is 19.6 Å². The SMILES string of the molecule is Cc1cc(=O)n2[nH]c(-c3ccc(C(C)(C)C)cc3)nc2n1. The van der Waals surface area contributed by atoms with E-state index in [-0.39, 0.29) is 11.0 Å². The number of nitrogens with zero attached hydrogens (tertiary/aromatic N) is 3. The number of aromatic nitrogens is 4. The van der Waals surface area contributed by atoms with Crippen LogP contribution >= 0.6 is 0 Å². The van der Waals surface area contributed by atoms with E-state index in [1.807, 2.05) is 12.1 Å². The minimum Gasteiger partial charge on any atom is -0.271 e. The number of benzene rings is 1. The highest BCUT2D eigenvalue weighted by atomic mass is 16.1. The van der Waals surface area contributed by atoms with E-state index in [2.05, 4.69) is 48.0 Å². The van der Waals surface area contributed by atoms with Gasteiger partial charge in [0.05, 0.1) is 0 Å². The third-order valence-corrected chi connectivity index (χ3v) is 3.48. The Balaban J connectivity index is 2.08. The Morgan fingerprint density at radius 3 is 2.38 bits per heavy atom. The van der Waals surface area contributed by atoms with Crippen LogP contribution in [0.4, 0.5) is 0 Å². The molecule has 1 aromatic carbocycles. The molecule has 2 aromatic heterocycles. The lowest BCUT2D eigenvalue weighted by atomic mass is 9.87. The highest BCUT2D eigenvalue weighted by Gasteiger charge is 2.14. The average molecular weight is 282 g/mol. The lowest BCUT2D eigenvalue weighted by Gasteiger charge is -2.18. The second-order valence-corrected chi connectivity index (χ2v) is 6.27. The fraction of sp³-hybridized carbons (Fsp3) is 0.312. The van der Waals surface area contributed by atoms with Crippen LogP contribution in [0.1, 0.15) is 32.0 Å². The first-order chi connectivity index (χ1) is 9.84. The fourth-order valence-corrected chi connectivity index (χ4v) is 2.25. The molecular formula is C16H18N4O. The molecule has 0 unspecified atom stereocenters. The van der Waals surface area contributed by atoms with Crippen LogP contribution in [0.25, 0.3) is 17.2 Å². The first-order valence-corrected chi connectivity index (χ1v) is 6.92. The van der Waals surface area contributed by atoms with Crippen LogP contribution in [-0.2, 0) is 5.41 Å². The van der Waals surface area contributed by atoms with Gasteiger partial charge >= 0.3 is 0 Å². The van der Waals surface area contributed by atoms with Crippen LogP contribution in [0.5, 0.6) is 0 Å². The monoisotopic (exact) mass is 282 g/mol. The van der Waals surface area contributed by atoms with Gasteiger partial charge in [-0.2, -0.15) is 9.50 Å². The quantitative estimate of drug-likeness (QED) is 0.746. The molecule has 0 spiro atoms. The molecule has 0 bridgehead atoms. The summed E-state index contributed by atoms with van der Waals surface area (Å²) in [6, 6.07) is 9.68. The maximum atomic E-state index is 11.9. The van der Waals surface area contributed by atoms with E-state index in [0.717, 1.165) is 5.56 Å². The van der Waals surface area contributed by atoms with Crippen molar-refractivity contribution < 1.29 is 0 Å². The molecule has 0 atom stereocenters. The van der Waals surface area contributed by atoms with Crippen LogP contribution in [-0.4, -0.2) is 19.6 Å². The molecule has 0 radical (unpaired) electrons. The van der Waals surface area contributed by atoms with Crippen molar-refractivity contribution in [2.24, 2.45) is 0 Å². The van der Waals surface area contributed by atoms with E-state index in [0.29, 0.717) is 17.3 Å². The maximum Gasteiger partial charge on any atom is 0.274 e. The summed E-state index contributed by atoms with van der Waals surface area (Å²) in [4.78, 5) is 20.5. The van der Waals surface area contributed by atoms with Gasteiger partial charge in [-0.05, 0) is 17.9 Å². The average Bonchev–Trinajstić information content (AvgIpc) is 2.82. The van der Waals surface area contributed by atoms with Gasteiger partial charge < -0.3 is 0 Å².